The number of aryl methyl sites for hydroxylation is 3. The Morgan fingerprint density at radius 2 is 0.832 bits per heavy atom. The lowest BCUT2D eigenvalue weighted by atomic mass is 9.97. The van der Waals surface area contributed by atoms with Crippen LogP contribution in [0, 0.1) is 41.0 Å². The first-order chi connectivity index (χ1) is 51.5. The maximum absolute atomic E-state index is 13.9. The first-order valence-electron chi connectivity index (χ1n) is 33.9. The summed E-state index contributed by atoms with van der Waals surface area (Å²) in [5, 5.41) is 54.7. The molecule has 24 heteroatoms. The standard InChI is InChI=1S/C29H27N3O7.C27H23N3O5.C27H26N2O4/c1-18-6-4-5-7-21(18)16-27-28(29(35)19(2)30-39-20(3)34)25-17-24(38-15-14-33)12-13-26(25)31(27)22-8-10-23(11-9-22)32(36)37;1-17-8-4-5-9-20(17)16-25-26(27(32)18(2)28-35-19(3)31)23-10-6-7-11-24(23)29(25)21-12-14-22(15-13-21)30(33)34;1-19-8-6-7-9-21(19)16-26(28-33-20(2)31)25-18-29(22-10-4-3-5-11-22)27-13-12-23(17-24(25)27)32-15-14-30/h4-13,17,33H,14-16H2,1-3H3;4-15H,16H2,1-3H3;3-13,17-18,30H,14-16H2,1-2H3/b30-19+;28-18+;28-26+. The van der Waals surface area contributed by atoms with Crippen LogP contribution in [-0.4, -0.2) is 107 Å². The Morgan fingerprint density at radius 3 is 1.29 bits per heavy atom. The molecule has 0 aliphatic rings. The minimum atomic E-state index is -0.657. The zero-order chi connectivity index (χ0) is 76.4. The summed E-state index contributed by atoms with van der Waals surface area (Å²) >= 11 is 0. The van der Waals surface area contributed by atoms with E-state index in [4.69, 9.17) is 29.1 Å². The van der Waals surface area contributed by atoms with Crippen molar-refractivity contribution < 1.29 is 68.0 Å². The number of aliphatic hydroxyl groups is 2. The van der Waals surface area contributed by atoms with Crippen LogP contribution in [0.15, 0.2) is 234 Å². The number of nitro groups is 2. The van der Waals surface area contributed by atoms with Crippen LogP contribution in [0.3, 0.4) is 0 Å². The highest BCUT2D eigenvalue weighted by Gasteiger charge is 2.29. The van der Waals surface area contributed by atoms with Crippen LogP contribution < -0.4 is 9.47 Å². The number of nitro benzene ring substituents is 2. The minimum Gasteiger partial charge on any atom is -0.491 e. The zero-order valence-electron chi connectivity index (χ0n) is 59.9. The molecule has 2 N–H and O–H groups in total. The maximum atomic E-state index is 13.9. The third-order valence-corrected chi connectivity index (χ3v) is 17.4. The summed E-state index contributed by atoms with van der Waals surface area (Å²) in [6.45, 7) is 12.8. The summed E-state index contributed by atoms with van der Waals surface area (Å²) in [5.41, 5.74) is 14.5. The molecule has 0 aliphatic carbocycles. The van der Waals surface area contributed by atoms with Gasteiger partial charge in [0.2, 0.25) is 11.6 Å². The summed E-state index contributed by atoms with van der Waals surface area (Å²) in [7, 11) is 0. The lowest BCUT2D eigenvalue weighted by molar-refractivity contribution is -0.385. The number of oxime groups is 3. The number of para-hydroxylation sites is 2. The second kappa shape index (κ2) is 35.2. The highest BCUT2D eigenvalue weighted by molar-refractivity contribution is 6.48. The topological polar surface area (TPSA) is 310 Å². The predicted octanol–water partition coefficient (Wildman–Crippen LogP) is 15.3. The van der Waals surface area contributed by atoms with E-state index in [1.54, 1.807) is 42.5 Å². The predicted molar refractivity (Wildman–Crippen MR) is 408 cm³/mol. The molecule has 0 unspecified atom stereocenters. The van der Waals surface area contributed by atoms with E-state index in [9.17, 15) is 49.3 Å². The number of fused-ring (bicyclic) bond motifs is 3. The Kier molecular flexibility index (Phi) is 25.1. The van der Waals surface area contributed by atoms with Gasteiger partial charge in [-0.3, -0.25) is 29.8 Å². The number of non-ortho nitro benzene ring substituents is 2. The molecular formula is C83H76N8O16. The van der Waals surface area contributed by atoms with Gasteiger partial charge in [0.25, 0.3) is 11.4 Å². The fourth-order valence-electron chi connectivity index (χ4n) is 12.2. The molecule has 0 saturated carbocycles. The molecule has 0 atom stereocenters. The van der Waals surface area contributed by atoms with Gasteiger partial charge in [-0.25, -0.2) is 14.4 Å². The van der Waals surface area contributed by atoms with E-state index in [2.05, 4.69) is 20.0 Å². The van der Waals surface area contributed by atoms with Crippen molar-refractivity contribution in [3.63, 3.8) is 0 Å². The van der Waals surface area contributed by atoms with E-state index in [-0.39, 0.29) is 55.0 Å². The number of carbonyl (C=O) groups excluding carboxylic acids is 5. The number of aliphatic hydroxyl groups excluding tert-OH is 2. The third kappa shape index (κ3) is 18.4. The van der Waals surface area contributed by atoms with Gasteiger partial charge < -0.3 is 47.9 Å². The number of rotatable bonds is 25. The van der Waals surface area contributed by atoms with Gasteiger partial charge in [0, 0.05) is 121 Å². The Morgan fingerprint density at radius 1 is 0.430 bits per heavy atom. The molecule has 0 radical (unpaired) electrons. The van der Waals surface area contributed by atoms with Crippen molar-refractivity contribution in [3.05, 3.63) is 300 Å². The van der Waals surface area contributed by atoms with Gasteiger partial charge in [-0.15, -0.1) is 0 Å². The van der Waals surface area contributed by atoms with Gasteiger partial charge in [0.15, 0.2) is 0 Å². The number of hydrogen-bond donors (Lipinski definition) is 2. The summed E-state index contributed by atoms with van der Waals surface area (Å²) < 4.78 is 17.2. The number of aromatic nitrogens is 3. The quantitative estimate of drug-likeness (QED) is 0.0177. The molecule has 12 aromatic rings. The summed E-state index contributed by atoms with van der Waals surface area (Å²) in [6, 6.07) is 64.5. The Bertz CT molecular complexity index is 5420. The van der Waals surface area contributed by atoms with Crippen molar-refractivity contribution in [3.8, 4) is 28.6 Å². The first-order valence-corrected chi connectivity index (χ1v) is 33.9. The van der Waals surface area contributed by atoms with Crippen molar-refractivity contribution in [2.75, 3.05) is 26.4 Å². The maximum Gasteiger partial charge on any atom is 0.331 e. The number of carbonyl (C=O) groups is 5. The van der Waals surface area contributed by atoms with E-state index >= 15 is 0 Å². The number of Topliss-reactive ketones (excluding diaryl/α,β-unsaturated/α-hetero) is 2. The van der Waals surface area contributed by atoms with Gasteiger partial charge in [0.1, 0.15) is 36.1 Å². The Balaban J connectivity index is 0.000000172. The normalized spacial score (nSPS) is 11.5. The average Bonchev–Trinajstić information content (AvgIpc) is 1.60. The lowest BCUT2D eigenvalue weighted by Gasteiger charge is -2.14. The zero-order valence-corrected chi connectivity index (χ0v) is 59.9. The van der Waals surface area contributed by atoms with Crippen LogP contribution in [0.2, 0.25) is 0 Å². The van der Waals surface area contributed by atoms with Crippen LogP contribution in [-0.2, 0) is 48.2 Å². The molecule has 107 heavy (non-hydrogen) atoms. The molecule has 12 rings (SSSR count). The second-order valence-electron chi connectivity index (χ2n) is 24.7. The Labute approximate surface area is 614 Å². The smallest absolute Gasteiger partial charge is 0.331 e. The van der Waals surface area contributed by atoms with Crippen molar-refractivity contribution in [2.24, 2.45) is 15.5 Å². The van der Waals surface area contributed by atoms with Crippen LogP contribution in [0.1, 0.15) is 106 Å². The number of ether oxygens (including phenoxy) is 2. The number of nitrogens with zero attached hydrogens (tertiary/aromatic N) is 8. The van der Waals surface area contributed by atoms with E-state index in [0.717, 1.165) is 61.1 Å². The van der Waals surface area contributed by atoms with E-state index in [1.165, 1.54) is 58.9 Å². The average molecular weight is 1440 g/mol. The summed E-state index contributed by atoms with van der Waals surface area (Å²) in [4.78, 5) is 97.8. The van der Waals surface area contributed by atoms with Gasteiger partial charge in [0.05, 0.1) is 56.4 Å². The van der Waals surface area contributed by atoms with Gasteiger partial charge in [-0.1, -0.05) is 125 Å². The van der Waals surface area contributed by atoms with E-state index < -0.39 is 33.5 Å². The number of hydrogen-bond acceptors (Lipinski definition) is 19. The minimum absolute atomic E-state index is 0.0219. The molecule has 9 aromatic carbocycles. The third-order valence-electron chi connectivity index (χ3n) is 17.4. The molecule has 0 amide bonds. The number of benzene rings is 9. The van der Waals surface area contributed by atoms with E-state index in [0.29, 0.717) is 86.7 Å². The van der Waals surface area contributed by atoms with Gasteiger partial charge in [-0.05, 0) is 147 Å². The first kappa shape index (κ1) is 76.3. The summed E-state index contributed by atoms with van der Waals surface area (Å²) in [6.07, 6.45) is 3.29. The molecule has 0 bridgehead atoms. The van der Waals surface area contributed by atoms with Gasteiger partial charge in [-0.2, -0.15) is 0 Å². The van der Waals surface area contributed by atoms with Crippen LogP contribution in [0.5, 0.6) is 11.5 Å². The van der Waals surface area contributed by atoms with Crippen LogP contribution >= 0.6 is 0 Å². The van der Waals surface area contributed by atoms with Crippen molar-refractivity contribution >= 4 is 90.7 Å². The molecule has 3 aromatic heterocycles. The Hall–Kier alpha value is -13.3. The summed E-state index contributed by atoms with van der Waals surface area (Å²) in [5.74, 6) is -1.48. The lowest BCUT2D eigenvalue weighted by Crippen LogP contribution is -2.15. The fraction of sp³-hybridized carbons (Fsp3) is 0.181. The monoisotopic (exact) mass is 1440 g/mol. The molecule has 0 saturated heterocycles. The molecule has 544 valence electrons. The van der Waals surface area contributed by atoms with Crippen LogP contribution in [0.4, 0.5) is 11.4 Å². The second-order valence-corrected chi connectivity index (χ2v) is 24.7. The van der Waals surface area contributed by atoms with Crippen molar-refractivity contribution in [1.29, 1.82) is 0 Å². The van der Waals surface area contributed by atoms with Crippen LogP contribution in [0.25, 0.3) is 49.8 Å². The van der Waals surface area contributed by atoms with E-state index in [1.807, 2.05) is 182 Å². The molecule has 0 fully saturated rings. The fourth-order valence-corrected chi connectivity index (χ4v) is 12.2. The molecular weight excluding hydrogens is 1360 g/mol. The highest BCUT2D eigenvalue weighted by atomic mass is 16.7. The molecule has 0 aliphatic heterocycles. The molecule has 24 nitrogen and oxygen atoms in total. The number of ketones is 2. The van der Waals surface area contributed by atoms with Gasteiger partial charge >= 0.3 is 17.9 Å². The molecule has 3 heterocycles. The van der Waals surface area contributed by atoms with Crippen molar-refractivity contribution in [1.82, 2.24) is 13.7 Å². The van der Waals surface area contributed by atoms with Crippen molar-refractivity contribution in [2.45, 2.75) is 74.7 Å². The molecule has 0 spiro atoms. The highest BCUT2D eigenvalue weighted by Crippen LogP contribution is 2.38. The largest absolute Gasteiger partial charge is 0.491 e. The SMILES string of the molecule is CC(=O)O/N=C(\C)C(=O)c1c(Cc2ccccc2C)n(-c2ccc([N+](=O)[O-])cc2)c2ccc(OCCO)cc12.CC(=O)O/N=C(\C)C(=O)c1c(Cc2ccccc2C)n(-c2ccc([N+](=O)[O-])cc2)c2ccccc12.CC(=O)O/N=C(\Cc1ccccc1C)c1cn(-c2ccccc2)c2ccc(OCCO)cc12.